The van der Waals surface area contributed by atoms with Crippen LogP contribution < -0.4 is 0 Å². The molecular formula is C9H16N2OS. The molecule has 0 amide bonds. The highest BCUT2D eigenvalue weighted by atomic mass is 32.1. The standard InChI is InChI=1S/C9H16N2OS/c1-5(2)7(6(3)4)8-10-9(13)12-11-8/h5-7H,1-4H3,(H,10,11,13). The highest BCUT2D eigenvalue weighted by Gasteiger charge is 2.22. The van der Waals surface area contributed by atoms with Crippen molar-refractivity contribution in [3.05, 3.63) is 10.7 Å². The summed E-state index contributed by atoms with van der Waals surface area (Å²) < 4.78 is 4.92. The first kappa shape index (κ1) is 10.4. The summed E-state index contributed by atoms with van der Waals surface area (Å²) in [6.07, 6.45) is 0. The Labute approximate surface area is 83.5 Å². The topological polar surface area (TPSA) is 41.8 Å². The Hall–Kier alpha value is -0.640. The van der Waals surface area contributed by atoms with Gasteiger partial charge in [0.1, 0.15) is 5.82 Å². The van der Waals surface area contributed by atoms with Crippen LogP contribution in [0.4, 0.5) is 0 Å². The minimum atomic E-state index is 0.293. The molecule has 1 aromatic heterocycles. The van der Waals surface area contributed by atoms with E-state index < -0.39 is 0 Å². The Bertz CT molecular complexity index is 305. The molecule has 0 radical (unpaired) electrons. The molecule has 0 aliphatic heterocycles. The Morgan fingerprint density at radius 2 is 1.77 bits per heavy atom. The van der Waals surface area contributed by atoms with E-state index in [1.165, 1.54) is 0 Å². The zero-order chi connectivity index (χ0) is 10.0. The van der Waals surface area contributed by atoms with E-state index in [2.05, 4.69) is 37.8 Å². The number of H-pyrrole nitrogens is 1. The van der Waals surface area contributed by atoms with Crippen molar-refractivity contribution in [3.63, 3.8) is 0 Å². The van der Waals surface area contributed by atoms with Crippen LogP contribution in [0.3, 0.4) is 0 Å². The molecule has 0 aliphatic rings. The molecule has 0 bridgehead atoms. The van der Waals surface area contributed by atoms with Crippen molar-refractivity contribution in [1.29, 1.82) is 0 Å². The largest absolute Gasteiger partial charge is 0.348 e. The zero-order valence-electron chi connectivity index (χ0n) is 8.50. The first-order chi connectivity index (χ1) is 6.02. The summed E-state index contributed by atoms with van der Waals surface area (Å²) in [4.78, 5) is 4.44. The van der Waals surface area contributed by atoms with Crippen LogP contribution in [0.5, 0.6) is 0 Å². The van der Waals surface area contributed by atoms with Gasteiger partial charge in [-0.05, 0) is 24.1 Å². The maximum atomic E-state index is 4.92. The normalized spacial score (nSPS) is 11.9. The molecule has 3 nitrogen and oxygen atoms in total. The van der Waals surface area contributed by atoms with Crippen molar-refractivity contribution in [2.75, 3.05) is 0 Å². The van der Waals surface area contributed by atoms with Gasteiger partial charge in [0.15, 0.2) is 0 Å². The molecular weight excluding hydrogens is 184 g/mol. The van der Waals surface area contributed by atoms with Crippen molar-refractivity contribution in [3.8, 4) is 0 Å². The van der Waals surface area contributed by atoms with Crippen LogP contribution in [0.2, 0.25) is 0 Å². The molecule has 0 aromatic carbocycles. The minimum Gasteiger partial charge on any atom is -0.348 e. The Morgan fingerprint density at radius 3 is 2.08 bits per heavy atom. The lowest BCUT2D eigenvalue weighted by molar-refractivity contribution is 0.341. The van der Waals surface area contributed by atoms with E-state index in [4.69, 9.17) is 16.7 Å². The van der Waals surface area contributed by atoms with Gasteiger partial charge in [-0.25, -0.2) is 5.16 Å². The predicted molar refractivity (Wildman–Crippen MR) is 54.1 cm³/mol. The highest BCUT2D eigenvalue weighted by molar-refractivity contribution is 7.71. The van der Waals surface area contributed by atoms with Gasteiger partial charge in [0, 0.05) is 5.92 Å². The first-order valence-electron chi connectivity index (χ1n) is 4.57. The number of hydrogen-bond donors (Lipinski definition) is 1. The number of rotatable bonds is 3. The summed E-state index contributed by atoms with van der Waals surface area (Å²) in [6, 6.07) is 0. The maximum Gasteiger partial charge on any atom is 0.314 e. The SMILES string of the molecule is CC(C)C(c1nc(=S)o[nH]1)C(C)C. The molecule has 1 rings (SSSR count). The lowest BCUT2D eigenvalue weighted by atomic mass is 9.85. The monoisotopic (exact) mass is 200 g/mol. The van der Waals surface area contributed by atoms with Crippen molar-refractivity contribution in [2.24, 2.45) is 11.8 Å². The lowest BCUT2D eigenvalue weighted by Gasteiger charge is -2.21. The minimum absolute atomic E-state index is 0.293. The number of aromatic nitrogens is 2. The summed E-state index contributed by atoms with van der Waals surface area (Å²) in [5, 5.41) is 2.78. The molecule has 0 atom stereocenters. The summed E-state index contributed by atoms with van der Waals surface area (Å²) in [6.45, 7) is 8.71. The molecule has 0 spiro atoms. The van der Waals surface area contributed by atoms with Crippen LogP contribution in [0.15, 0.2) is 4.52 Å². The molecule has 0 saturated heterocycles. The van der Waals surface area contributed by atoms with Gasteiger partial charge in [-0.3, -0.25) is 0 Å². The molecule has 0 aliphatic carbocycles. The van der Waals surface area contributed by atoms with E-state index >= 15 is 0 Å². The van der Waals surface area contributed by atoms with Gasteiger partial charge in [0.25, 0.3) is 0 Å². The van der Waals surface area contributed by atoms with Crippen molar-refractivity contribution in [1.82, 2.24) is 10.1 Å². The molecule has 0 unspecified atom stereocenters. The fourth-order valence-corrected chi connectivity index (χ4v) is 1.92. The third-order valence-electron chi connectivity index (χ3n) is 2.21. The second-order valence-corrected chi connectivity index (χ2v) is 4.33. The van der Waals surface area contributed by atoms with E-state index in [0.717, 1.165) is 5.82 Å². The smallest absolute Gasteiger partial charge is 0.314 e. The quantitative estimate of drug-likeness (QED) is 0.762. The number of aromatic amines is 1. The number of nitrogens with zero attached hydrogens (tertiary/aromatic N) is 1. The molecule has 1 heterocycles. The van der Waals surface area contributed by atoms with Crippen LogP contribution in [0.1, 0.15) is 39.4 Å². The van der Waals surface area contributed by atoms with Gasteiger partial charge in [0.05, 0.1) is 0 Å². The van der Waals surface area contributed by atoms with Crippen molar-refractivity contribution in [2.45, 2.75) is 33.6 Å². The third-order valence-corrected chi connectivity index (χ3v) is 2.38. The van der Waals surface area contributed by atoms with Gasteiger partial charge >= 0.3 is 4.84 Å². The van der Waals surface area contributed by atoms with Crippen LogP contribution in [0.25, 0.3) is 0 Å². The van der Waals surface area contributed by atoms with E-state index in [1.54, 1.807) is 0 Å². The maximum absolute atomic E-state index is 4.92. The van der Waals surface area contributed by atoms with Gasteiger partial charge in [-0.2, -0.15) is 4.98 Å². The molecule has 0 saturated carbocycles. The zero-order valence-corrected chi connectivity index (χ0v) is 9.31. The molecule has 13 heavy (non-hydrogen) atoms. The molecule has 1 N–H and O–H groups in total. The summed E-state index contributed by atoms with van der Waals surface area (Å²) in [7, 11) is 0. The van der Waals surface area contributed by atoms with E-state index in [1.807, 2.05) is 0 Å². The van der Waals surface area contributed by atoms with Gasteiger partial charge in [0.2, 0.25) is 0 Å². The number of nitrogens with one attached hydrogen (secondary N) is 1. The van der Waals surface area contributed by atoms with E-state index in [0.29, 0.717) is 22.6 Å². The average molecular weight is 200 g/mol. The molecule has 0 fully saturated rings. The highest BCUT2D eigenvalue weighted by Crippen LogP contribution is 2.29. The molecule has 74 valence electrons. The molecule has 1 aromatic rings. The lowest BCUT2D eigenvalue weighted by Crippen LogP contribution is -2.14. The Morgan fingerprint density at radius 1 is 1.23 bits per heavy atom. The fraction of sp³-hybridized carbons (Fsp3) is 0.778. The van der Waals surface area contributed by atoms with Crippen molar-refractivity contribution < 1.29 is 4.52 Å². The summed E-state index contributed by atoms with van der Waals surface area (Å²) in [5.74, 6) is 2.34. The second kappa shape index (κ2) is 4.05. The van der Waals surface area contributed by atoms with Crippen LogP contribution >= 0.6 is 12.2 Å². The Kier molecular flexibility index (Phi) is 3.25. The number of hydrogen-bond acceptors (Lipinski definition) is 3. The van der Waals surface area contributed by atoms with Crippen molar-refractivity contribution >= 4 is 12.2 Å². The van der Waals surface area contributed by atoms with Crippen LogP contribution in [-0.4, -0.2) is 10.1 Å². The van der Waals surface area contributed by atoms with Crippen LogP contribution in [0, 0.1) is 16.7 Å². The second-order valence-electron chi connectivity index (χ2n) is 3.98. The van der Waals surface area contributed by atoms with E-state index in [9.17, 15) is 0 Å². The fourth-order valence-electron chi connectivity index (χ4n) is 1.78. The predicted octanol–water partition coefficient (Wildman–Crippen LogP) is 3.13. The molecule has 4 heteroatoms. The van der Waals surface area contributed by atoms with E-state index in [-0.39, 0.29) is 0 Å². The van der Waals surface area contributed by atoms with Gasteiger partial charge < -0.3 is 4.52 Å². The summed E-state index contributed by atoms with van der Waals surface area (Å²) in [5.41, 5.74) is 0. The Balaban J connectivity index is 2.95. The van der Waals surface area contributed by atoms with Crippen LogP contribution in [-0.2, 0) is 0 Å². The first-order valence-corrected chi connectivity index (χ1v) is 4.98. The summed E-state index contributed by atoms with van der Waals surface area (Å²) >= 11 is 4.82. The average Bonchev–Trinajstić information content (AvgIpc) is 2.34. The third kappa shape index (κ3) is 2.40. The van der Waals surface area contributed by atoms with Gasteiger partial charge in [-0.15, -0.1) is 0 Å². The van der Waals surface area contributed by atoms with Gasteiger partial charge in [-0.1, -0.05) is 27.7 Å².